The molecule has 2 aromatic rings. The van der Waals surface area contributed by atoms with Gasteiger partial charge in [-0.05, 0) is 43.2 Å². The number of rotatable bonds is 4. The number of hydrogen-bond acceptors (Lipinski definition) is 4. The van der Waals surface area contributed by atoms with Gasteiger partial charge in [0.2, 0.25) is 10.0 Å². The van der Waals surface area contributed by atoms with Crippen molar-refractivity contribution in [3.8, 4) is 0 Å². The SMILES string of the molecule is Cc1ccc(Cl)cc1S(=O)(=O)NC1CCN(c2ccc(C(F)(F)F)cn2)C1. The Kier molecular flexibility index (Phi) is 5.38. The van der Waals surface area contributed by atoms with Crippen LogP contribution in [0.2, 0.25) is 5.02 Å². The van der Waals surface area contributed by atoms with Gasteiger partial charge in [-0.15, -0.1) is 0 Å². The van der Waals surface area contributed by atoms with Crippen molar-refractivity contribution in [3.05, 3.63) is 52.7 Å². The van der Waals surface area contributed by atoms with Gasteiger partial charge in [0.05, 0.1) is 10.5 Å². The van der Waals surface area contributed by atoms with Crippen LogP contribution in [0.5, 0.6) is 0 Å². The number of anilines is 1. The van der Waals surface area contributed by atoms with Gasteiger partial charge in [-0.3, -0.25) is 0 Å². The molecule has 0 saturated carbocycles. The second kappa shape index (κ2) is 7.29. The number of sulfonamides is 1. The summed E-state index contributed by atoms with van der Waals surface area (Å²) >= 11 is 5.90. The predicted octanol–water partition coefficient (Wildman–Crippen LogP) is 3.62. The number of alkyl halides is 3. The Morgan fingerprint density at radius 3 is 2.63 bits per heavy atom. The first kappa shape index (κ1) is 19.9. The van der Waals surface area contributed by atoms with Crippen LogP contribution in [-0.4, -0.2) is 32.5 Å². The summed E-state index contributed by atoms with van der Waals surface area (Å²) in [6.07, 6.45) is -3.15. The number of aryl methyl sites for hydroxylation is 1. The van der Waals surface area contributed by atoms with Crippen LogP contribution in [0.15, 0.2) is 41.4 Å². The molecular weight excluding hydrogens is 403 g/mol. The molecule has 10 heteroatoms. The van der Waals surface area contributed by atoms with Gasteiger partial charge >= 0.3 is 6.18 Å². The van der Waals surface area contributed by atoms with Crippen LogP contribution in [0, 0.1) is 6.92 Å². The zero-order valence-corrected chi connectivity index (χ0v) is 15.9. The average molecular weight is 420 g/mol. The molecule has 1 unspecified atom stereocenters. The molecule has 146 valence electrons. The van der Waals surface area contributed by atoms with Crippen molar-refractivity contribution in [1.82, 2.24) is 9.71 Å². The summed E-state index contributed by atoms with van der Waals surface area (Å²) in [4.78, 5) is 5.71. The number of hydrogen-bond donors (Lipinski definition) is 1. The lowest BCUT2D eigenvalue weighted by Gasteiger charge is -2.19. The molecule has 1 aromatic heterocycles. The van der Waals surface area contributed by atoms with Crippen LogP contribution in [-0.2, 0) is 16.2 Å². The summed E-state index contributed by atoms with van der Waals surface area (Å²) in [5.74, 6) is 0.378. The highest BCUT2D eigenvalue weighted by Crippen LogP contribution is 2.30. The van der Waals surface area contributed by atoms with Crippen LogP contribution in [0.25, 0.3) is 0 Å². The van der Waals surface area contributed by atoms with Crippen LogP contribution in [0.3, 0.4) is 0 Å². The van der Waals surface area contributed by atoms with E-state index in [2.05, 4.69) is 9.71 Å². The molecule has 1 saturated heterocycles. The highest BCUT2D eigenvalue weighted by Gasteiger charge is 2.32. The van der Waals surface area contributed by atoms with Gasteiger partial charge in [0, 0.05) is 30.4 Å². The monoisotopic (exact) mass is 419 g/mol. The third-order valence-corrected chi connectivity index (χ3v) is 6.25. The fraction of sp³-hybridized carbons (Fsp3) is 0.353. The molecule has 0 spiro atoms. The van der Waals surface area contributed by atoms with E-state index in [0.717, 1.165) is 12.3 Å². The number of benzene rings is 1. The molecule has 1 aliphatic rings. The number of nitrogens with one attached hydrogen (secondary N) is 1. The molecule has 1 N–H and O–H groups in total. The van der Waals surface area contributed by atoms with E-state index in [1.165, 1.54) is 12.1 Å². The number of halogens is 4. The van der Waals surface area contributed by atoms with Gasteiger partial charge in [0.25, 0.3) is 0 Å². The molecule has 1 fully saturated rings. The van der Waals surface area contributed by atoms with Crippen LogP contribution < -0.4 is 9.62 Å². The van der Waals surface area contributed by atoms with E-state index >= 15 is 0 Å². The summed E-state index contributed by atoms with van der Waals surface area (Å²) in [7, 11) is -3.76. The van der Waals surface area contributed by atoms with Gasteiger partial charge < -0.3 is 4.90 Å². The number of aromatic nitrogens is 1. The van der Waals surface area contributed by atoms with Crippen molar-refractivity contribution < 1.29 is 21.6 Å². The smallest absolute Gasteiger partial charge is 0.355 e. The number of nitrogens with zero attached hydrogens (tertiary/aromatic N) is 2. The average Bonchev–Trinajstić information content (AvgIpc) is 3.04. The molecule has 2 heterocycles. The lowest BCUT2D eigenvalue weighted by Crippen LogP contribution is -2.37. The van der Waals surface area contributed by atoms with Crippen molar-refractivity contribution in [2.45, 2.75) is 30.5 Å². The maximum atomic E-state index is 12.6. The highest BCUT2D eigenvalue weighted by molar-refractivity contribution is 7.89. The molecule has 3 rings (SSSR count). The Morgan fingerprint density at radius 1 is 1.26 bits per heavy atom. The van der Waals surface area contributed by atoms with Crippen LogP contribution in [0.1, 0.15) is 17.5 Å². The summed E-state index contributed by atoms with van der Waals surface area (Å²) in [5.41, 5.74) is -0.245. The van der Waals surface area contributed by atoms with Gasteiger partial charge in [0.15, 0.2) is 0 Å². The molecule has 0 bridgehead atoms. The largest absolute Gasteiger partial charge is 0.417 e. The van der Waals surface area contributed by atoms with Gasteiger partial charge in [-0.25, -0.2) is 18.1 Å². The first-order valence-electron chi connectivity index (χ1n) is 8.13. The van der Waals surface area contributed by atoms with Crippen molar-refractivity contribution in [2.75, 3.05) is 18.0 Å². The molecule has 0 radical (unpaired) electrons. The number of pyridine rings is 1. The normalized spacial score (nSPS) is 18.1. The van der Waals surface area contributed by atoms with E-state index in [-0.39, 0.29) is 10.9 Å². The van der Waals surface area contributed by atoms with E-state index in [4.69, 9.17) is 11.6 Å². The third kappa shape index (κ3) is 4.53. The molecular formula is C17H17ClF3N3O2S. The predicted molar refractivity (Wildman–Crippen MR) is 96.4 cm³/mol. The second-order valence-corrected chi connectivity index (χ2v) is 8.48. The highest BCUT2D eigenvalue weighted by atomic mass is 35.5. The molecule has 0 aliphatic carbocycles. The summed E-state index contributed by atoms with van der Waals surface area (Å²) in [5, 5.41) is 0.322. The van der Waals surface area contributed by atoms with E-state index < -0.39 is 21.8 Å². The van der Waals surface area contributed by atoms with Gasteiger partial charge in [-0.1, -0.05) is 17.7 Å². The Labute approximate surface area is 160 Å². The van der Waals surface area contributed by atoms with Crippen molar-refractivity contribution >= 4 is 27.4 Å². The summed E-state index contributed by atoms with van der Waals surface area (Å²) in [6.45, 7) is 2.48. The van der Waals surface area contributed by atoms with Crippen LogP contribution >= 0.6 is 11.6 Å². The van der Waals surface area contributed by atoms with Crippen molar-refractivity contribution in [2.24, 2.45) is 0 Å². The van der Waals surface area contributed by atoms with Crippen LogP contribution in [0.4, 0.5) is 19.0 Å². The Hall–Kier alpha value is -1.84. The minimum Gasteiger partial charge on any atom is -0.355 e. The summed E-state index contributed by atoms with van der Waals surface area (Å²) in [6, 6.07) is 6.52. The minimum absolute atomic E-state index is 0.112. The maximum absolute atomic E-state index is 12.6. The van der Waals surface area contributed by atoms with E-state index in [1.807, 2.05) is 0 Å². The second-order valence-electron chi connectivity index (χ2n) is 6.37. The lowest BCUT2D eigenvalue weighted by atomic mass is 10.2. The van der Waals surface area contributed by atoms with Crippen molar-refractivity contribution in [3.63, 3.8) is 0 Å². The quantitative estimate of drug-likeness (QED) is 0.822. The molecule has 1 aromatic carbocycles. The lowest BCUT2D eigenvalue weighted by molar-refractivity contribution is -0.137. The molecule has 1 atom stereocenters. The Balaban J connectivity index is 1.70. The van der Waals surface area contributed by atoms with Crippen molar-refractivity contribution in [1.29, 1.82) is 0 Å². The molecule has 1 aliphatic heterocycles. The zero-order valence-electron chi connectivity index (χ0n) is 14.3. The first-order valence-corrected chi connectivity index (χ1v) is 9.99. The maximum Gasteiger partial charge on any atom is 0.417 e. The molecule has 27 heavy (non-hydrogen) atoms. The van der Waals surface area contributed by atoms with E-state index in [1.54, 1.807) is 24.0 Å². The summed E-state index contributed by atoms with van der Waals surface area (Å²) < 4.78 is 65.8. The van der Waals surface area contributed by atoms with E-state index in [9.17, 15) is 21.6 Å². The van der Waals surface area contributed by atoms with E-state index in [0.29, 0.717) is 35.9 Å². The molecule has 5 nitrogen and oxygen atoms in total. The zero-order chi connectivity index (χ0) is 19.8. The Morgan fingerprint density at radius 2 is 2.00 bits per heavy atom. The topological polar surface area (TPSA) is 62.3 Å². The minimum atomic E-state index is -4.44. The van der Waals surface area contributed by atoms with Gasteiger partial charge in [0.1, 0.15) is 5.82 Å². The first-order chi connectivity index (χ1) is 12.6. The van der Waals surface area contributed by atoms with Gasteiger partial charge in [-0.2, -0.15) is 13.2 Å². The fourth-order valence-electron chi connectivity index (χ4n) is 2.95. The standard InChI is InChI=1S/C17H17ClF3N3O2S/c1-11-2-4-13(18)8-15(11)27(25,26)23-14-6-7-24(10-14)16-5-3-12(9-22-16)17(19,20)21/h2-5,8-9,14,23H,6-7,10H2,1H3. The fourth-order valence-corrected chi connectivity index (χ4v) is 4.72. The third-order valence-electron chi connectivity index (χ3n) is 4.35. The molecule has 0 amide bonds. The Bertz CT molecular complexity index is 933.